The second kappa shape index (κ2) is 9.98. The Bertz CT molecular complexity index is 1470. The molecule has 0 saturated carbocycles. The molecule has 0 unspecified atom stereocenters. The van der Waals surface area contributed by atoms with Crippen molar-refractivity contribution in [3.8, 4) is 11.1 Å². The van der Waals surface area contributed by atoms with E-state index < -0.39 is 5.97 Å². The first-order valence-corrected chi connectivity index (χ1v) is 11.6. The van der Waals surface area contributed by atoms with Crippen LogP contribution in [0.2, 0.25) is 0 Å². The Balaban J connectivity index is 1.96. The van der Waals surface area contributed by atoms with Crippen LogP contribution in [0, 0.1) is 27.7 Å². The van der Waals surface area contributed by atoms with E-state index >= 15 is 0 Å². The van der Waals surface area contributed by atoms with Gasteiger partial charge in [-0.25, -0.2) is 4.79 Å². The summed E-state index contributed by atoms with van der Waals surface area (Å²) < 4.78 is 1.70. The molecular formula is C31H29NO3. The van der Waals surface area contributed by atoms with E-state index in [0.717, 1.165) is 33.4 Å². The number of aromatic nitrogens is 1. The summed E-state index contributed by atoms with van der Waals surface area (Å²) in [6, 6.07) is 20.8. The third kappa shape index (κ3) is 5.02. The van der Waals surface area contributed by atoms with Crippen molar-refractivity contribution >= 4 is 18.1 Å². The van der Waals surface area contributed by atoms with Gasteiger partial charge in [0.05, 0.1) is 17.7 Å². The van der Waals surface area contributed by atoms with Crippen LogP contribution in [0.25, 0.3) is 23.3 Å². The van der Waals surface area contributed by atoms with Gasteiger partial charge in [-0.2, -0.15) is 0 Å². The summed E-state index contributed by atoms with van der Waals surface area (Å²) >= 11 is 0. The molecule has 0 atom stereocenters. The van der Waals surface area contributed by atoms with Crippen LogP contribution in [0.4, 0.5) is 0 Å². The van der Waals surface area contributed by atoms with Crippen LogP contribution < -0.4 is 5.56 Å². The van der Waals surface area contributed by atoms with E-state index in [0.29, 0.717) is 17.7 Å². The molecule has 0 bridgehead atoms. The molecule has 1 heterocycles. The Labute approximate surface area is 205 Å². The maximum Gasteiger partial charge on any atom is 0.336 e. The fourth-order valence-electron chi connectivity index (χ4n) is 4.67. The molecule has 4 rings (SSSR count). The molecule has 0 radical (unpaired) electrons. The molecule has 0 aliphatic heterocycles. The molecule has 1 N–H and O–H groups in total. The fourth-order valence-corrected chi connectivity index (χ4v) is 4.67. The highest BCUT2D eigenvalue weighted by molar-refractivity contribution is 5.97. The van der Waals surface area contributed by atoms with Crippen LogP contribution in [-0.2, 0) is 6.54 Å². The Kier molecular flexibility index (Phi) is 6.83. The standard InChI is InChI=1S/C31H29NO3/c1-20-16-21(2)28(22(3)17-20)19-32-18-23(4)25(15-14-24-10-6-5-7-11-24)29(30(32)33)26-12-8-9-13-27(26)31(34)35/h5-18H,19H2,1-4H3,(H,34,35)/b15-14+. The monoisotopic (exact) mass is 463 g/mol. The van der Waals surface area contributed by atoms with Crippen molar-refractivity contribution in [3.05, 3.63) is 128 Å². The van der Waals surface area contributed by atoms with Gasteiger partial charge in [0.1, 0.15) is 0 Å². The zero-order chi connectivity index (χ0) is 25.1. The summed E-state index contributed by atoms with van der Waals surface area (Å²) in [7, 11) is 0. The summed E-state index contributed by atoms with van der Waals surface area (Å²) in [5.41, 5.74) is 7.89. The maximum atomic E-state index is 14.0. The van der Waals surface area contributed by atoms with Crippen molar-refractivity contribution < 1.29 is 9.90 Å². The molecule has 0 amide bonds. The van der Waals surface area contributed by atoms with Crippen molar-refractivity contribution in [1.29, 1.82) is 0 Å². The van der Waals surface area contributed by atoms with E-state index in [4.69, 9.17) is 0 Å². The maximum absolute atomic E-state index is 14.0. The minimum Gasteiger partial charge on any atom is -0.478 e. The molecule has 0 fully saturated rings. The zero-order valence-electron chi connectivity index (χ0n) is 20.5. The highest BCUT2D eigenvalue weighted by atomic mass is 16.4. The van der Waals surface area contributed by atoms with E-state index in [1.165, 1.54) is 5.56 Å². The van der Waals surface area contributed by atoms with E-state index in [-0.39, 0.29) is 11.1 Å². The zero-order valence-corrected chi connectivity index (χ0v) is 20.5. The molecule has 176 valence electrons. The first-order valence-electron chi connectivity index (χ1n) is 11.6. The predicted molar refractivity (Wildman–Crippen MR) is 143 cm³/mol. The molecule has 4 nitrogen and oxygen atoms in total. The Morgan fingerprint density at radius 3 is 2.14 bits per heavy atom. The van der Waals surface area contributed by atoms with Crippen LogP contribution in [0.1, 0.15) is 49.3 Å². The van der Waals surface area contributed by atoms with E-state index in [1.54, 1.807) is 28.8 Å². The third-order valence-corrected chi connectivity index (χ3v) is 6.36. The van der Waals surface area contributed by atoms with Crippen LogP contribution >= 0.6 is 0 Å². The van der Waals surface area contributed by atoms with Gasteiger partial charge >= 0.3 is 5.97 Å². The number of aromatic carboxylic acids is 1. The number of carboxylic acid groups (broad SMARTS) is 1. The minimum atomic E-state index is -1.06. The number of aryl methyl sites for hydroxylation is 4. The highest BCUT2D eigenvalue weighted by Crippen LogP contribution is 2.29. The van der Waals surface area contributed by atoms with Crippen molar-refractivity contribution in [1.82, 2.24) is 4.57 Å². The number of hydrogen-bond donors (Lipinski definition) is 1. The first kappa shape index (κ1) is 24.0. The smallest absolute Gasteiger partial charge is 0.336 e. The summed E-state index contributed by atoms with van der Waals surface area (Å²) in [5.74, 6) is -1.06. The topological polar surface area (TPSA) is 59.3 Å². The van der Waals surface area contributed by atoms with E-state index in [1.807, 2.05) is 55.6 Å². The average molecular weight is 464 g/mol. The molecule has 3 aromatic carbocycles. The predicted octanol–water partition coefficient (Wildman–Crippen LogP) is 6.67. The minimum absolute atomic E-state index is 0.110. The number of nitrogens with zero attached hydrogens (tertiary/aromatic N) is 1. The second-order valence-corrected chi connectivity index (χ2v) is 9.01. The molecule has 4 aromatic rings. The van der Waals surface area contributed by atoms with E-state index in [2.05, 4.69) is 32.9 Å². The summed E-state index contributed by atoms with van der Waals surface area (Å²) in [6.45, 7) is 8.56. The SMILES string of the molecule is Cc1cc(C)c(Cn2cc(C)c(/C=C/c3ccccc3)c(-c3ccccc3C(=O)O)c2=O)c(C)c1. The van der Waals surface area contributed by atoms with Crippen LogP contribution in [0.5, 0.6) is 0 Å². The number of carboxylic acids is 1. The normalized spacial score (nSPS) is 11.2. The Hall–Kier alpha value is -4.18. The molecule has 4 heteroatoms. The summed E-state index contributed by atoms with van der Waals surface area (Å²) in [6.07, 6.45) is 5.73. The van der Waals surface area contributed by atoms with Gasteiger partial charge in [0.25, 0.3) is 5.56 Å². The molecular weight excluding hydrogens is 434 g/mol. The van der Waals surface area contributed by atoms with Crippen LogP contribution in [0.3, 0.4) is 0 Å². The summed E-state index contributed by atoms with van der Waals surface area (Å²) in [4.78, 5) is 26.0. The van der Waals surface area contributed by atoms with Gasteiger partial charge in [0, 0.05) is 11.8 Å². The van der Waals surface area contributed by atoms with Crippen LogP contribution in [-0.4, -0.2) is 15.6 Å². The number of carbonyl (C=O) groups is 1. The largest absolute Gasteiger partial charge is 0.478 e. The highest BCUT2D eigenvalue weighted by Gasteiger charge is 2.20. The van der Waals surface area contributed by atoms with Gasteiger partial charge < -0.3 is 9.67 Å². The molecule has 0 aliphatic carbocycles. The number of pyridine rings is 1. The van der Waals surface area contributed by atoms with Crippen LogP contribution in [0.15, 0.2) is 77.7 Å². The van der Waals surface area contributed by atoms with Gasteiger partial charge in [-0.15, -0.1) is 0 Å². The number of hydrogen-bond acceptors (Lipinski definition) is 2. The van der Waals surface area contributed by atoms with Crippen molar-refractivity contribution in [2.45, 2.75) is 34.2 Å². The number of benzene rings is 3. The number of rotatable bonds is 6. The molecule has 1 aromatic heterocycles. The summed E-state index contributed by atoms with van der Waals surface area (Å²) in [5, 5.41) is 9.86. The van der Waals surface area contributed by atoms with Gasteiger partial charge in [0.2, 0.25) is 0 Å². The van der Waals surface area contributed by atoms with Gasteiger partial charge in [-0.05, 0) is 67.1 Å². The first-order chi connectivity index (χ1) is 16.8. The Morgan fingerprint density at radius 1 is 0.857 bits per heavy atom. The van der Waals surface area contributed by atoms with Crippen molar-refractivity contribution in [3.63, 3.8) is 0 Å². The quantitative estimate of drug-likeness (QED) is 0.348. The average Bonchev–Trinajstić information content (AvgIpc) is 2.82. The molecule has 0 saturated heterocycles. The van der Waals surface area contributed by atoms with Gasteiger partial charge in [-0.1, -0.05) is 78.4 Å². The fraction of sp³-hybridized carbons (Fsp3) is 0.161. The van der Waals surface area contributed by atoms with E-state index in [9.17, 15) is 14.7 Å². The van der Waals surface area contributed by atoms with Gasteiger partial charge in [0.15, 0.2) is 0 Å². The lowest BCUT2D eigenvalue weighted by atomic mass is 9.93. The van der Waals surface area contributed by atoms with Crippen molar-refractivity contribution in [2.75, 3.05) is 0 Å². The van der Waals surface area contributed by atoms with Gasteiger partial charge in [-0.3, -0.25) is 4.79 Å². The molecule has 0 spiro atoms. The molecule has 35 heavy (non-hydrogen) atoms. The molecule has 0 aliphatic rings. The third-order valence-electron chi connectivity index (χ3n) is 6.36. The van der Waals surface area contributed by atoms with Crippen molar-refractivity contribution in [2.24, 2.45) is 0 Å². The lowest BCUT2D eigenvalue weighted by Gasteiger charge is -2.18. The lowest BCUT2D eigenvalue weighted by molar-refractivity contribution is 0.0697. The Morgan fingerprint density at radius 2 is 1.49 bits per heavy atom. The second-order valence-electron chi connectivity index (χ2n) is 9.01. The lowest BCUT2D eigenvalue weighted by Crippen LogP contribution is -2.25.